The van der Waals surface area contributed by atoms with Crippen molar-refractivity contribution in [3.63, 3.8) is 0 Å². The van der Waals surface area contributed by atoms with E-state index in [4.69, 9.17) is 4.74 Å². The van der Waals surface area contributed by atoms with Gasteiger partial charge in [-0.1, -0.05) is 0 Å². The summed E-state index contributed by atoms with van der Waals surface area (Å²) in [5.74, 6) is -0.356. The number of hydrogen-bond acceptors (Lipinski definition) is 5. The molecular formula is C12H18N4O3. The van der Waals surface area contributed by atoms with Gasteiger partial charge in [0.25, 0.3) is 0 Å². The number of carboxylic acids is 1. The molecule has 0 saturated carbocycles. The fraction of sp³-hybridized carbons (Fsp3) is 0.667. The number of morpholine rings is 1. The maximum atomic E-state index is 11.2. The third kappa shape index (κ3) is 2.31. The highest BCUT2D eigenvalue weighted by molar-refractivity contribution is 5.93. The van der Waals surface area contributed by atoms with Gasteiger partial charge in [-0.3, -0.25) is 9.58 Å². The zero-order valence-corrected chi connectivity index (χ0v) is 10.9. The Morgan fingerprint density at radius 3 is 3.11 bits per heavy atom. The van der Waals surface area contributed by atoms with E-state index >= 15 is 0 Å². The summed E-state index contributed by atoms with van der Waals surface area (Å²) in [7, 11) is 1.75. The Bertz CT molecular complexity index is 487. The van der Waals surface area contributed by atoms with Crippen LogP contribution in [0.2, 0.25) is 0 Å². The van der Waals surface area contributed by atoms with Crippen molar-refractivity contribution in [1.82, 2.24) is 14.7 Å². The smallest absolute Gasteiger partial charge is 0.341 e. The largest absolute Gasteiger partial charge is 0.477 e. The standard InChI is InChI=1S/C12H18N4O3/c1-14-7-10(12(17)18)11(13-14)16-3-2-15-4-5-19-8-9(15)6-16/h7,9H,2-6,8H2,1H3,(H,17,18)/t9-/m0/s1. The molecule has 1 N–H and O–H groups in total. The molecule has 1 atom stereocenters. The summed E-state index contributed by atoms with van der Waals surface area (Å²) in [6.07, 6.45) is 1.56. The molecule has 7 nitrogen and oxygen atoms in total. The number of aromatic carboxylic acids is 1. The molecule has 0 spiro atoms. The van der Waals surface area contributed by atoms with E-state index in [9.17, 15) is 9.90 Å². The number of aryl methyl sites for hydroxylation is 1. The van der Waals surface area contributed by atoms with Gasteiger partial charge >= 0.3 is 5.97 Å². The van der Waals surface area contributed by atoms with Crippen LogP contribution in [0.1, 0.15) is 10.4 Å². The van der Waals surface area contributed by atoms with Gasteiger partial charge in [0.2, 0.25) is 0 Å². The van der Waals surface area contributed by atoms with E-state index in [1.54, 1.807) is 17.9 Å². The van der Waals surface area contributed by atoms with E-state index in [2.05, 4.69) is 14.9 Å². The number of ether oxygens (including phenoxy) is 1. The van der Waals surface area contributed by atoms with Gasteiger partial charge in [-0.2, -0.15) is 5.10 Å². The maximum absolute atomic E-state index is 11.2. The molecule has 104 valence electrons. The molecule has 0 radical (unpaired) electrons. The van der Waals surface area contributed by atoms with Crippen LogP contribution >= 0.6 is 0 Å². The molecule has 0 aromatic carbocycles. The Kier molecular flexibility index (Phi) is 3.16. The Morgan fingerprint density at radius 2 is 2.32 bits per heavy atom. The topological polar surface area (TPSA) is 70.8 Å². The van der Waals surface area contributed by atoms with Crippen molar-refractivity contribution >= 4 is 11.8 Å². The third-order valence-corrected chi connectivity index (χ3v) is 3.78. The Labute approximate surface area is 111 Å². The molecular weight excluding hydrogens is 248 g/mol. The third-order valence-electron chi connectivity index (χ3n) is 3.78. The molecule has 3 heterocycles. The van der Waals surface area contributed by atoms with Crippen LogP contribution < -0.4 is 4.90 Å². The van der Waals surface area contributed by atoms with Crippen molar-refractivity contribution in [3.05, 3.63) is 11.8 Å². The number of carbonyl (C=O) groups is 1. The summed E-state index contributed by atoms with van der Waals surface area (Å²) in [6.45, 7) is 4.99. The molecule has 2 fully saturated rings. The number of anilines is 1. The Balaban J connectivity index is 1.81. The lowest BCUT2D eigenvalue weighted by Crippen LogP contribution is -2.58. The average Bonchev–Trinajstić information content (AvgIpc) is 2.80. The summed E-state index contributed by atoms with van der Waals surface area (Å²) in [4.78, 5) is 15.7. The van der Waals surface area contributed by atoms with Crippen LogP contribution in [0.5, 0.6) is 0 Å². The van der Waals surface area contributed by atoms with Gasteiger partial charge in [0.05, 0.1) is 19.3 Å². The van der Waals surface area contributed by atoms with Crippen molar-refractivity contribution in [2.45, 2.75) is 6.04 Å². The number of carboxylic acid groups (broad SMARTS) is 1. The summed E-state index contributed by atoms with van der Waals surface area (Å²) in [6, 6.07) is 0.339. The summed E-state index contributed by atoms with van der Waals surface area (Å²) >= 11 is 0. The second-order valence-corrected chi connectivity index (χ2v) is 5.06. The van der Waals surface area contributed by atoms with Crippen LogP contribution in [0.3, 0.4) is 0 Å². The van der Waals surface area contributed by atoms with Crippen LogP contribution in [-0.4, -0.2) is 71.2 Å². The lowest BCUT2D eigenvalue weighted by Gasteiger charge is -2.43. The molecule has 2 aliphatic rings. The van der Waals surface area contributed by atoms with Crippen LogP contribution in [0.15, 0.2) is 6.20 Å². The molecule has 2 saturated heterocycles. The molecule has 7 heteroatoms. The minimum atomic E-state index is -0.926. The molecule has 3 rings (SSSR count). The van der Waals surface area contributed by atoms with E-state index in [1.807, 2.05) is 0 Å². The van der Waals surface area contributed by atoms with Crippen LogP contribution in [-0.2, 0) is 11.8 Å². The van der Waals surface area contributed by atoms with Crippen molar-refractivity contribution in [2.24, 2.45) is 7.05 Å². The first-order valence-electron chi connectivity index (χ1n) is 6.49. The molecule has 2 aliphatic heterocycles. The molecule has 0 bridgehead atoms. The summed E-state index contributed by atoms with van der Waals surface area (Å²) in [5.41, 5.74) is 0.271. The Morgan fingerprint density at radius 1 is 1.47 bits per heavy atom. The van der Waals surface area contributed by atoms with E-state index in [-0.39, 0.29) is 5.56 Å². The van der Waals surface area contributed by atoms with Gasteiger partial charge in [0, 0.05) is 39.4 Å². The normalized spacial score (nSPS) is 24.3. The first-order chi connectivity index (χ1) is 9.15. The minimum Gasteiger partial charge on any atom is -0.477 e. The van der Waals surface area contributed by atoms with Crippen molar-refractivity contribution in [1.29, 1.82) is 0 Å². The predicted molar refractivity (Wildman–Crippen MR) is 68.6 cm³/mol. The SMILES string of the molecule is Cn1cc(C(=O)O)c(N2CCN3CCOC[C@@H]3C2)n1. The zero-order valence-electron chi connectivity index (χ0n) is 10.9. The lowest BCUT2D eigenvalue weighted by atomic mass is 10.1. The Hall–Kier alpha value is -1.60. The number of rotatable bonds is 2. The molecule has 0 amide bonds. The van der Waals surface area contributed by atoms with E-state index < -0.39 is 5.97 Å². The molecule has 0 unspecified atom stereocenters. The number of nitrogens with zero attached hydrogens (tertiary/aromatic N) is 4. The fourth-order valence-electron chi connectivity index (χ4n) is 2.80. The van der Waals surface area contributed by atoms with E-state index in [0.717, 1.165) is 32.8 Å². The molecule has 1 aromatic heterocycles. The van der Waals surface area contributed by atoms with Gasteiger partial charge in [0.1, 0.15) is 5.56 Å². The molecule has 0 aliphatic carbocycles. The van der Waals surface area contributed by atoms with Gasteiger partial charge in [-0.15, -0.1) is 0 Å². The maximum Gasteiger partial charge on any atom is 0.341 e. The minimum absolute atomic E-state index is 0.271. The number of hydrogen-bond donors (Lipinski definition) is 1. The van der Waals surface area contributed by atoms with Gasteiger partial charge < -0.3 is 14.7 Å². The number of fused-ring (bicyclic) bond motifs is 1. The first kappa shape index (κ1) is 12.4. The second kappa shape index (κ2) is 4.82. The fourth-order valence-corrected chi connectivity index (χ4v) is 2.80. The van der Waals surface area contributed by atoms with Crippen LogP contribution in [0, 0.1) is 0 Å². The van der Waals surface area contributed by atoms with Gasteiger partial charge in [-0.05, 0) is 0 Å². The highest BCUT2D eigenvalue weighted by atomic mass is 16.5. The van der Waals surface area contributed by atoms with Crippen LogP contribution in [0.25, 0.3) is 0 Å². The first-order valence-corrected chi connectivity index (χ1v) is 6.49. The molecule has 19 heavy (non-hydrogen) atoms. The zero-order chi connectivity index (χ0) is 13.4. The van der Waals surface area contributed by atoms with Crippen molar-refractivity contribution < 1.29 is 14.6 Å². The van der Waals surface area contributed by atoms with Crippen molar-refractivity contribution in [2.75, 3.05) is 44.3 Å². The lowest BCUT2D eigenvalue weighted by molar-refractivity contribution is -0.0118. The monoisotopic (exact) mass is 266 g/mol. The van der Waals surface area contributed by atoms with E-state index in [1.165, 1.54) is 0 Å². The van der Waals surface area contributed by atoms with Gasteiger partial charge in [-0.25, -0.2) is 4.79 Å². The number of piperazine rings is 1. The molecule has 1 aromatic rings. The summed E-state index contributed by atoms with van der Waals surface area (Å²) in [5, 5.41) is 13.5. The predicted octanol–water partition coefficient (Wildman–Crippen LogP) is -0.361. The average molecular weight is 266 g/mol. The number of aromatic nitrogens is 2. The van der Waals surface area contributed by atoms with Crippen LogP contribution in [0.4, 0.5) is 5.82 Å². The van der Waals surface area contributed by atoms with E-state index in [0.29, 0.717) is 18.5 Å². The second-order valence-electron chi connectivity index (χ2n) is 5.06. The van der Waals surface area contributed by atoms with Gasteiger partial charge in [0.15, 0.2) is 5.82 Å². The highest BCUT2D eigenvalue weighted by Gasteiger charge is 2.32. The van der Waals surface area contributed by atoms with Crippen molar-refractivity contribution in [3.8, 4) is 0 Å². The highest BCUT2D eigenvalue weighted by Crippen LogP contribution is 2.23. The summed E-state index contributed by atoms with van der Waals surface area (Å²) < 4.78 is 7.05. The quantitative estimate of drug-likeness (QED) is 0.788.